The van der Waals surface area contributed by atoms with E-state index in [9.17, 15) is 4.79 Å². The van der Waals surface area contributed by atoms with Crippen LogP contribution in [0.15, 0.2) is 42.5 Å². The molecule has 0 aromatic heterocycles. The Morgan fingerprint density at radius 1 is 1.23 bits per heavy atom. The van der Waals surface area contributed by atoms with Crippen molar-refractivity contribution < 1.29 is 9.53 Å². The van der Waals surface area contributed by atoms with Crippen LogP contribution < -0.4 is 4.74 Å². The van der Waals surface area contributed by atoms with Crippen molar-refractivity contribution in [3.05, 3.63) is 64.7 Å². The van der Waals surface area contributed by atoms with Gasteiger partial charge in [0.2, 0.25) is 0 Å². The molecule has 0 spiro atoms. The molecule has 1 aliphatic rings. The van der Waals surface area contributed by atoms with Crippen molar-refractivity contribution >= 4 is 5.91 Å². The molecule has 0 radical (unpaired) electrons. The number of amides is 1. The second-order valence-electron chi connectivity index (χ2n) is 5.30. The first-order valence-corrected chi connectivity index (χ1v) is 7.16. The van der Waals surface area contributed by atoms with Gasteiger partial charge in [-0.05, 0) is 47.9 Å². The molecule has 0 saturated heterocycles. The van der Waals surface area contributed by atoms with Gasteiger partial charge in [0.15, 0.2) is 0 Å². The third-order valence-electron chi connectivity index (χ3n) is 3.95. The van der Waals surface area contributed by atoms with Crippen molar-refractivity contribution in [1.29, 1.82) is 5.26 Å². The zero-order chi connectivity index (χ0) is 15.5. The summed E-state index contributed by atoms with van der Waals surface area (Å²) in [4.78, 5) is 14.4. The lowest BCUT2D eigenvalue weighted by atomic mass is 9.98. The summed E-state index contributed by atoms with van der Waals surface area (Å²) in [5, 5.41) is 8.95. The molecule has 1 amide bonds. The van der Waals surface area contributed by atoms with Crippen LogP contribution in [0.3, 0.4) is 0 Å². The highest BCUT2D eigenvalue weighted by molar-refractivity contribution is 5.94. The molecule has 0 atom stereocenters. The Hall–Kier alpha value is -2.80. The molecule has 22 heavy (non-hydrogen) atoms. The van der Waals surface area contributed by atoms with Gasteiger partial charge in [-0.25, -0.2) is 0 Å². The van der Waals surface area contributed by atoms with Crippen LogP contribution in [-0.4, -0.2) is 24.5 Å². The molecule has 2 aromatic rings. The smallest absolute Gasteiger partial charge is 0.254 e. The van der Waals surface area contributed by atoms with Crippen LogP contribution in [0.1, 0.15) is 27.0 Å². The molecule has 110 valence electrons. The fourth-order valence-corrected chi connectivity index (χ4v) is 2.73. The molecule has 0 bridgehead atoms. The summed E-state index contributed by atoms with van der Waals surface area (Å²) in [5.74, 6) is 0.818. The van der Waals surface area contributed by atoms with Crippen molar-refractivity contribution in [1.82, 2.24) is 4.90 Å². The third-order valence-corrected chi connectivity index (χ3v) is 3.95. The van der Waals surface area contributed by atoms with Crippen LogP contribution in [0.25, 0.3) is 0 Å². The van der Waals surface area contributed by atoms with Crippen LogP contribution >= 0.6 is 0 Å². The van der Waals surface area contributed by atoms with Gasteiger partial charge in [0.1, 0.15) is 5.75 Å². The van der Waals surface area contributed by atoms with E-state index in [1.807, 2.05) is 23.1 Å². The molecule has 0 fully saturated rings. The number of methoxy groups -OCH3 is 1. The van der Waals surface area contributed by atoms with Gasteiger partial charge in [0, 0.05) is 18.7 Å². The molecule has 4 heteroatoms. The Morgan fingerprint density at radius 2 is 2.09 bits per heavy atom. The summed E-state index contributed by atoms with van der Waals surface area (Å²) in [6.45, 7) is 1.27. The normalized spacial score (nSPS) is 13.2. The molecular formula is C18H16N2O2. The van der Waals surface area contributed by atoms with Gasteiger partial charge >= 0.3 is 0 Å². The van der Waals surface area contributed by atoms with E-state index in [4.69, 9.17) is 10.00 Å². The fraction of sp³-hybridized carbons (Fsp3) is 0.222. The monoisotopic (exact) mass is 292 g/mol. The first kappa shape index (κ1) is 14.2. The first-order chi connectivity index (χ1) is 10.7. The van der Waals surface area contributed by atoms with E-state index in [2.05, 4.69) is 6.07 Å². The van der Waals surface area contributed by atoms with Crippen molar-refractivity contribution in [3.8, 4) is 11.8 Å². The SMILES string of the molecule is COc1ccc2c(c1)CCN(C(=O)c1cccc(C#N)c1)C2. The summed E-state index contributed by atoms with van der Waals surface area (Å²) in [7, 11) is 1.66. The topological polar surface area (TPSA) is 53.3 Å². The average Bonchev–Trinajstić information content (AvgIpc) is 2.60. The number of nitriles is 1. The lowest BCUT2D eigenvalue weighted by Crippen LogP contribution is -2.35. The van der Waals surface area contributed by atoms with Gasteiger partial charge < -0.3 is 9.64 Å². The molecule has 1 aliphatic heterocycles. The second-order valence-corrected chi connectivity index (χ2v) is 5.30. The Labute approximate surface area is 129 Å². The Bertz CT molecular complexity index is 762. The van der Waals surface area contributed by atoms with Gasteiger partial charge in [0.05, 0.1) is 18.7 Å². The summed E-state index contributed by atoms with van der Waals surface area (Å²) in [5.41, 5.74) is 3.45. The molecule has 0 unspecified atom stereocenters. The van der Waals surface area contributed by atoms with Crippen LogP contribution in [-0.2, 0) is 13.0 Å². The minimum absolute atomic E-state index is 0.0291. The molecule has 4 nitrogen and oxygen atoms in total. The maximum absolute atomic E-state index is 12.6. The van der Waals surface area contributed by atoms with Gasteiger partial charge in [-0.1, -0.05) is 12.1 Å². The standard InChI is InChI=1S/C18H16N2O2/c1-22-17-6-5-16-12-20(8-7-14(16)10-17)18(21)15-4-2-3-13(9-15)11-19/h2-6,9-10H,7-8,12H2,1H3. The molecule has 2 aromatic carbocycles. The molecular weight excluding hydrogens is 276 g/mol. The van der Waals surface area contributed by atoms with E-state index < -0.39 is 0 Å². The summed E-state index contributed by atoms with van der Waals surface area (Å²) in [6.07, 6.45) is 0.816. The van der Waals surface area contributed by atoms with Crippen molar-refractivity contribution in [2.24, 2.45) is 0 Å². The Morgan fingerprint density at radius 3 is 2.86 bits per heavy atom. The van der Waals surface area contributed by atoms with E-state index in [1.165, 1.54) is 5.56 Å². The van der Waals surface area contributed by atoms with E-state index in [0.29, 0.717) is 24.2 Å². The van der Waals surface area contributed by atoms with Gasteiger partial charge in [-0.2, -0.15) is 5.26 Å². The highest BCUT2D eigenvalue weighted by atomic mass is 16.5. The van der Waals surface area contributed by atoms with E-state index in [0.717, 1.165) is 17.7 Å². The first-order valence-electron chi connectivity index (χ1n) is 7.16. The number of benzene rings is 2. The number of fused-ring (bicyclic) bond motifs is 1. The van der Waals surface area contributed by atoms with Crippen molar-refractivity contribution in [3.63, 3.8) is 0 Å². The lowest BCUT2D eigenvalue weighted by molar-refractivity contribution is 0.0734. The van der Waals surface area contributed by atoms with Gasteiger partial charge in [-0.3, -0.25) is 4.79 Å². The largest absolute Gasteiger partial charge is 0.497 e. The van der Waals surface area contributed by atoms with Crippen LogP contribution in [0.4, 0.5) is 0 Å². The second kappa shape index (κ2) is 5.90. The minimum Gasteiger partial charge on any atom is -0.497 e. The summed E-state index contributed by atoms with van der Waals surface area (Å²) >= 11 is 0. The third kappa shape index (κ3) is 2.66. The number of nitrogens with zero attached hydrogens (tertiary/aromatic N) is 2. The number of rotatable bonds is 2. The molecule has 0 saturated carbocycles. The minimum atomic E-state index is -0.0291. The van der Waals surface area contributed by atoms with E-state index in [-0.39, 0.29) is 5.91 Å². The van der Waals surface area contributed by atoms with Crippen molar-refractivity contribution in [2.75, 3.05) is 13.7 Å². The van der Waals surface area contributed by atoms with Crippen LogP contribution in [0, 0.1) is 11.3 Å². The van der Waals surface area contributed by atoms with E-state index >= 15 is 0 Å². The maximum Gasteiger partial charge on any atom is 0.254 e. The number of ether oxygens (including phenoxy) is 1. The summed E-state index contributed by atoms with van der Waals surface area (Å²) in [6, 6.07) is 14.9. The average molecular weight is 292 g/mol. The van der Waals surface area contributed by atoms with Crippen LogP contribution in [0.5, 0.6) is 5.75 Å². The summed E-state index contributed by atoms with van der Waals surface area (Å²) < 4.78 is 5.24. The van der Waals surface area contributed by atoms with Gasteiger partial charge in [-0.15, -0.1) is 0 Å². The number of hydrogen-bond donors (Lipinski definition) is 0. The predicted molar refractivity (Wildman–Crippen MR) is 82.6 cm³/mol. The van der Waals surface area contributed by atoms with Gasteiger partial charge in [0.25, 0.3) is 5.91 Å². The predicted octanol–water partition coefficient (Wildman–Crippen LogP) is 2.77. The number of carbonyl (C=O) groups is 1. The number of hydrogen-bond acceptors (Lipinski definition) is 3. The maximum atomic E-state index is 12.6. The number of carbonyl (C=O) groups excluding carboxylic acids is 1. The van der Waals surface area contributed by atoms with E-state index in [1.54, 1.807) is 31.4 Å². The Kier molecular flexibility index (Phi) is 3.80. The van der Waals surface area contributed by atoms with Crippen LogP contribution in [0.2, 0.25) is 0 Å². The highest BCUT2D eigenvalue weighted by Gasteiger charge is 2.22. The molecule has 1 heterocycles. The quantitative estimate of drug-likeness (QED) is 0.855. The Balaban J connectivity index is 1.82. The highest BCUT2D eigenvalue weighted by Crippen LogP contribution is 2.24. The van der Waals surface area contributed by atoms with Crippen molar-refractivity contribution in [2.45, 2.75) is 13.0 Å². The zero-order valence-electron chi connectivity index (χ0n) is 12.4. The molecule has 0 aliphatic carbocycles. The lowest BCUT2D eigenvalue weighted by Gasteiger charge is -2.29. The molecule has 0 N–H and O–H groups in total. The zero-order valence-corrected chi connectivity index (χ0v) is 12.4. The fourth-order valence-electron chi connectivity index (χ4n) is 2.73. The molecule has 3 rings (SSSR count).